The van der Waals surface area contributed by atoms with Crippen LogP contribution in [0.5, 0.6) is 5.88 Å². The van der Waals surface area contributed by atoms with Crippen LogP contribution in [0.2, 0.25) is 0 Å². The van der Waals surface area contributed by atoms with Gasteiger partial charge in [-0.25, -0.2) is 18.4 Å². The van der Waals surface area contributed by atoms with Gasteiger partial charge in [0.15, 0.2) is 5.13 Å². The Bertz CT molecular complexity index is 1210. The molecule has 2 aromatic heterocycles. The molecule has 32 heavy (non-hydrogen) atoms. The van der Waals surface area contributed by atoms with Crippen molar-refractivity contribution in [2.45, 2.75) is 31.1 Å². The summed E-state index contributed by atoms with van der Waals surface area (Å²) in [6.45, 7) is 2.37. The van der Waals surface area contributed by atoms with Crippen LogP contribution >= 0.6 is 11.3 Å². The predicted octanol–water partition coefficient (Wildman–Crippen LogP) is 2.54. The van der Waals surface area contributed by atoms with Crippen molar-refractivity contribution < 1.29 is 17.9 Å². The highest BCUT2D eigenvalue weighted by atomic mass is 32.2. The number of ether oxygens (including phenoxy) is 1. The summed E-state index contributed by atoms with van der Waals surface area (Å²) in [5.41, 5.74) is 8.33. The number of carbonyl (C=O) groups is 1. The van der Waals surface area contributed by atoms with Crippen LogP contribution in [0.1, 0.15) is 31.5 Å². The highest BCUT2D eigenvalue weighted by Gasteiger charge is 2.36. The van der Waals surface area contributed by atoms with Gasteiger partial charge in [0.2, 0.25) is 21.8 Å². The lowest BCUT2D eigenvalue weighted by Crippen LogP contribution is -2.28. The van der Waals surface area contributed by atoms with Crippen molar-refractivity contribution >= 4 is 38.1 Å². The second-order valence-corrected chi connectivity index (χ2v) is 9.96. The SMILES string of the molecule is CCOc1cncc(-c2ccc(NC(=O)C(N)c3csc(NS(=O)(=O)C4CC4)n3)cc2)n1. The van der Waals surface area contributed by atoms with Gasteiger partial charge in [0, 0.05) is 16.6 Å². The maximum Gasteiger partial charge on any atom is 0.247 e. The lowest BCUT2D eigenvalue weighted by Gasteiger charge is -2.11. The molecule has 1 unspecified atom stereocenters. The monoisotopic (exact) mass is 474 g/mol. The molecule has 4 N–H and O–H groups in total. The first-order valence-electron chi connectivity index (χ1n) is 9.94. The van der Waals surface area contributed by atoms with E-state index in [1.165, 1.54) is 0 Å². The fourth-order valence-corrected chi connectivity index (χ4v) is 5.19. The Labute approximate surface area is 189 Å². The average Bonchev–Trinajstić information content (AvgIpc) is 3.55. The van der Waals surface area contributed by atoms with Crippen molar-refractivity contribution in [3.05, 3.63) is 47.7 Å². The van der Waals surface area contributed by atoms with E-state index in [9.17, 15) is 13.2 Å². The molecule has 0 bridgehead atoms. The third kappa shape index (κ3) is 5.21. The minimum absolute atomic E-state index is 0.204. The number of sulfonamides is 1. The van der Waals surface area contributed by atoms with Crippen molar-refractivity contribution in [1.82, 2.24) is 15.0 Å². The van der Waals surface area contributed by atoms with E-state index in [0.717, 1.165) is 16.9 Å². The summed E-state index contributed by atoms with van der Waals surface area (Å²) in [6.07, 6.45) is 4.48. The van der Waals surface area contributed by atoms with E-state index in [1.807, 2.05) is 6.92 Å². The smallest absolute Gasteiger partial charge is 0.247 e. The summed E-state index contributed by atoms with van der Waals surface area (Å²) in [7, 11) is -3.42. The summed E-state index contributed by atoms with van der Waals surface area (Å²) in [4.78, 5) is 25.2. The molecule has 3 aromatic rings. The molecule has 0 spiro atoms. The van der Waals surface area contributed by atoms with E-state index in [2.05, 4.69) is 25.0 Å². The van der Waals surface area contributed by atoms with Crippen molar-refractivity contribution in [3.63, 3.8) is 0 Å². The van der Waals surface area contributed by atoms with Crippen LogP contribution in [0.4, 0.5) is 10.8 Å². The summed E-state index contributed by atoms with van der Waals surface area (Å²) in [5, 5.41) is 4.15. The van der Waals surface area contributed by atoms with Gasteiger partial charge in [0.1, 0.15) is 6.04 Å². The number of nitrogens with one attached hydrogen (secondary N) is 2. The number of nitrogens with two attached hydrogens (primary N) is 1. The predicted molar refractivity (Wildman–Crippen MR) is 122 cm³/mol. The molecule has 1 aliphatic rings. The van der Waals surface area contributed by atoms with Gasteiger partial charge in [-0.05, 0) is 31.9 Å². The Hall–Kier alpha value is -3.09. The Morgan fingerprint density at radius 2 is 2.00 bits per heavy atom. The molecule has 4 rings (SSSR count). The minimum atomic E-state index is -3.42. The summed E-state index contributed by atoms with van der Waals surface area (Å²) < 4.78 is 31.9. The Balaban J connectivity index is 1.39. The Morgan fingerprint density at radius 3 is 2.69 bits per heavy atom. The van der Waals surface area contributed by atoms with Crippen LogP contribution in [0, 0.1) is 0 Å². The molecular weight excluding hydrogens is 452 g/mol. The molecule has 1 saturated carbocycles. The van der Waals surface area contributed by atoms with Crippen LogP contribution in [0.15, 0.2) is 42.0 Å². The number of rotatable bonds is 9. The number of benzene rings is 1. The van der Waals surface area contributed by atoms with E-state index >= 15 is 0 Å². The van der Waals surface area contributed by atoms with Crippen LogP contribution in [-0.2, 0) is 14.8 Å². The molecule has 10 nitrogen and oxygen atoms in total. The number of nitrogens with zero attached hydrogens (tertiary/aromatic N) is 3. The van der Waals surface area contributed by atoms with E-state index in [1.54, 1.807) is 42.0 Å². The topological polar surface area (TPSA) is 149 Å². The zero-order chi connectivity index (χ0) is 22.7. The fourth-order valence-electron chi connectivity index (χ4n) is 2.84. The van der Waals surface area contributed by atoms with Crippen molar-refractivity contribution in [2.75, 3.05) is 16.6 Å². The quantitative estimate of drug-likeness (QED) is 0.428. The van der Waals surface area contributed by atoms with E-state index < -0.39 is 22.0 Å². The van der Waals surface area contributed by atoms with Gasteiger partial charge in [-0.2, -0.15) is 0 Å². The summed E-state index contributed by atoms with van der Waals surface area (Å²) in [5.74, 6) is -0.0202. The normalized spacial score (nSPS) is 14.6. The molecule has 168 valence electrons. The largest absolute Gasteiger partial charge is 0.477 e. The van der Waals surface area contributed by atoms with Crippen molar-refractivity contribution in [1.29, 1.82) is 0 Å². The number of aromatic nitrogens is 3. The molecule has 1 atom stereocenters. The first-order chi connectivity index (χ1) is 15.4. The van der Waals surface area contributed by atoms with E-state index in [-0.39, 0.29) is 10.4 Å². The van der Waals surface area contributed by atoms with Crippen LogP contribution in [-0.4, -0.2) is 41.1 Å². The van der Waals surface area contributed by atoms with Gasteiger partial charge in [0.25, 0.3) is 0 Å². The molecule has 1 aromatic carbocycles. The van der Waals surface area contributed by atoms with Gasteiger partial charge in [-0.1, -0.05) is 12.1 Å². The van der Waals surface area contributed by atoms with Crippen LogP contribution in [0.25, 0.3) is 11.3 Å². The van der Waals surface area contributed by atoms with Crippen LogP contribution < -0.4 is 20.5 Å². The van der Waals surface area contributed by atoms with Crippen LogP contribution in [0.3, 0.4) is 0 Å². The van der Waals surface area contributed by atoms with Gasteiger partial charge in [0.05, 0.1) is 35.6 Å². The molecule has 0 radical (unpaired) electrons. The molecule has 2 heterocycles. The molecule has 12 heteroatoms. The molecule has 0 saturated heterocycles. The zero-order valence-corrected chi connectivity index (χ0v) is 18.8. The van der Waals surface area contributed by atoms with Gasteiger partial charge >= 0.3 is 0 Å². The molecule has 1 fully saturated rings. The third-order valence-electron chi connectivity index (χ3n) is 4.67. The molecule has 1 aliphatic carbocycles. The number of amides is 1. The number of anilines is 2. The molecule has 1 amide bonds. The molecular formula is C20H22N6O4S2. The van der Waals surface area contributed by atoms with E-state index in [0.29, 0.717) is 42.4 Å². The fraction of sp³-hybridized carbons (Fsp3) is 0.300. The lowest BCUT2D eigenvalue weighted by atomic mass is 10.1. The number of carbonyl (C=O) groups excluding carboxylic acids is 1. The van der Waals surface area contributed by atoms with Gasteiger partial charge in [-0.3, -0.25) is 14.5 Å². The third-order valence-corrected chi connectivity index (χ3v) is 7.40. The Kier molecular flexibility index (Phi) is 6.35. The second kappa shape index (κ2) is 9.18. The van der Waals surface area contributed by atoms with E-state index in [4.69, 9.17) is 10.5 Å². The highest BCUT2D eigenvalue weighted by molar-refractivity contribution is 7.93. The Morgan fingerprint density at radius 1 is 1.25 bits per heavy atom. The minimum Gasteiger partial charge on any atom is -0.477 e. The standard InChI is InChI=1S/C20H22N6O4S2/c1-2-30-17-10-22-9-15(24-17)12-3-5-13(6-4-12)23-19(27)18(21)16-11-31-20(25-16)26-32(28,29)14-7-8-14/h3-6,9-11,14,18H,2,7-8,21H2,1H3,(H,23,27)(H,25,26). The number of hydrogen-bond donors (Lipinski definition) is 3. The maximum atomic E-state index is 12.5. The second-order valence-electron chi connectivity index (χ2n) is 7.14. The summed E-state index contributed by atoms with van der Waals surface area (Å²) >= 11 is 1.09. The lowest BCUT2D eigenvalue weighted by molar-refractivity contribution is -0.117. The first-order valence-corrected chi connectivity index (χ1v) is 12.4. The average molecular weight is 475 g/mol. The van der Waals surface area contributed by atoms with Gasteiger partial charge < -0.3 is 15.8 Å². The van der Waals surface area contributed by atoms with Crippen molar-refractivity contribution in [2.24, 2.45) is 5.73 Å². The highest BCUT2D eigenvalue weighted by Crippen LogP contribution is 2.31. The number of hydrogen-bond acceptors (Lipinski definition) is 9. The van der Waals surface area contributed by atoms with Gasteiger partial charge in [-0.15, -0.1) is 11.3 Å². The van der Waals surface area contributed by atoms with Crippen molar-refractivity contribution in [3.8, 4) is 17.1 Å². The first kappa shape index (κ1) is 22.1. The molecule has 0 aliphatic heterocycles. The summed E-state index contributed by atoms with van der Waals surface area (Å²) in [6, 6.07) is 6.01. The zero-order valence-electron chi connectivity index (χ0n) is 17.2. The number of thiazole rings is 1. The maximum absolute atomic E-state index is 12.5.